The van der Waals surface area contributed by atoms with Crippen molar-refractivity contribution in [3.8, 4) is 0 Å². The highest BCUT2D eigenvalue weighted by atomic mass is 16.5. The molecular weight excluding hydrogens is 224 g/mol. The first-order valence-electron chi connectivity index (χ1n) is 7.61. The summed E-state index contributed by atoms with van der Waals surface area (Å²) in [5.74, 6) is 0.677. The normalized spacial score (nSPS) is 32.0. The number of ether oxygens (including phenoxy) is 1. The number of rotatable bonds is 4. The van der Waals surface area contributed by atoms with Gasteiger partial charge in [0.15, 0.2) is 0 Å². The van der Waals surface area contributed by atoms with E-state index in [9.17, 15) is 0 Å². The van der Waals surface area contributed by atoms with Crippen molar-refractivity contribution in [2.75, 3.05) is 39.9 Å². The molecule has 0 radical (unpaired) electrons. The van der Waals surface area contributed by atoms with Gasteiger partial charge in [0.25, 0.3) is 0 Å². The van der Waals surface area contributed by atoms with Crippen molar-refractivity contribution < 1.29 is 4.74 Å². The molecule has 0 amide bonds. The molecule has 18 heavy (non-hydrogen) atoms. The monoisotopic (exact) mass is 254 g/mol. The van der Waals surface area contributed by atoms with Gasteiger partial charge in [0, 0.05) is 26.2 Å². The van der Waals surface area contributed by atoms with Crippen LogP contribution in [0, 0.1) is 11.3 Å². The number of nitrogens with one attached hydrogen (secondary N) is 1. The maximum absolute atomic E-state index is 5.44. The van der Waals surface area contributed by atoms with E-state index >= 15 is 0 Å². The molecule has 0 saturated carbocycles. The van der Waals surface area contributed by atoms with E-state index in [1.807, 2.05) is 7.11 Å². The molecule has 2 unspecified atom stereocenters. The molecule has 0 aromatic carbocycles. The minimum atomic E-state index is 0.553. The Labute approximate surface area is 112 Å². The van der Waals surface area contributed by atoms with Crippen LogP contribution in [0.2, 0.25) is 0 Å². The van der Waals surface area contributed by atoms with E-state index in [-0.39, 0.29) is 0 Å². The Morgan fingerprint density at radius 3 is 2.67 bits per heavy atom. The van der Waals surface area contributed by atoms with Crippen molar-refractivity contribution in [3.63, 3.8) is 0 Å². The summed E-state index contributed by atoms with van der Waals surface area (Å²) in [5.41, 5.74) is 0.553. The van der Waals surface area contributed by atoms with Crippen molar-refractivity contribution in [1.82, 2.24) is 10.2 Å². The number of methoxy groups -OCH3 is 1. The Balaban J connectivity index is 1.99. The van der Waals surface area contributed by atoms with E-state index in [2.05, 4.69) is 24.1 Å². The van der Waals surface area contributed by atoms with Crippen LogP contribution in [-0.2, 0) is 4.74 Å². The summed E-state index contributed by atoms with van der Waals surface area (Å²) < 4.78 is 5.44. The number of nitrogens with zero attached hydrogens (tertiary/aromatic N) is 1. The Kier molecular flexibility index (Phi) is 5.05. The van der Waals surface area contributed by atoms with Crippen LogP contribution in [0.1, 0.15) is 39.5 Å². The molecule has 2 saturated heterocycles. The van der Waals surface area contributed by atoms with Gasteiger partial charge in [0.05, 0.1) is 6.61 Å². The minimum absolute atomic E-state index is 0.553. The lowest BCUT2D eigenvalue weighted by Gasteiger charge is -2.48. The fourth-order valence-electron chi connectivity index (χ4n) is 3.80. The third-order valence-electron chi connectivity index (χ3n) is 4.83. The molecule has 0 aliphatic carbocycles. The molecule has 3 heteroatoms. The fraction of sp³-hybridized carbons (Fsp3) is 1.00. The number of likely N-dealkylation sites (tertiary alicyclic amines) is 1. The maximum Gasteiger partial charge on any atom is 0.0620 e. The summed E-state index contributed by atoms with van der Waals surface area (Å²) in [7, 11) is 1.83. The van der Waals surface area contributed by atoms with Crippen LogP contribution in [-0.4, -0.2) is 50.8 Å². The van der Waals surface area contributed by atoms with E-state index in [1.165, 1.54) is 51.9 Å². The molecule has 2 atom stereocenters. The van der Waals surface area contributed by atoms with Crippen molar-refractivity contribution in [1.29, 1.82) is 0 Å². The summed E-state index contributed by atoms with van der Waals surface area (Å²) in [6.45, 7) is 10.5. The Hall–Kier alpha value is -0.120. The first kappa shape index (κ1) is 14.3. The van der Waals surface area contributed by atoms with Gasteiger partial charge < -0.3 is 10.1 Å². The highest BCUT2D eigenvalue weighted by molar-refractivity contribution is 4.93. The summed E-state index contributed by atoms with van der Waals surface area (Å²) in [4.78, 5) is 2.70. The topological polar surface area (TPSA) is 24.5 Å². The summed E-state index contributed by atoms with van der Waals surface area (Å²) in [5, 5.41) is 3.61. The maximum atomic E-state index is 5.44. The molecule has 1 spiro atoms. The lowest BCUT2D eigenvalue weighted by molar-refractivity contribution is -0.00486. The average Bonchev–Trinajstić information content (AvgIpc) is 2.36. The first-order chi connectivity index (χ1) is 8.67. The van der Waals surface area contributed by atoms with E-state index in [0.29, 0.717) is 17.4 Å². The second-order valence-electron chi connectivity index (χ2n) is 6.62. The van der Waals surface area contributed by atoms with E-state index in [0.717, 1.165) is 6.61 Å². The molecule has 2 aliphatic heterocycles. The van der Waals surface area contributed by atoms with E-state index in [1.54, 1.807) is 0 Å². The SMILES string of the molecule is COCC(C(C)C)N1CCCC2(CCCNC2)C1. The molecule has 2 heterocycles. The fourth-order valence-corrected chi connectivity index (χ4v) is 3.80. The zero-order valence-electron chi connectivity index (χ0n) is 12.4. The predicted molar refractivity (Wildman–Crippen MR) is 75.8 cm³/mol. The Morgan fingerprint density at radius 2 is 2.06 bits per heavy atom. The Bertz CT molecular complexity index is 243. The molecule has 0 aromatic rings. The van der Waals surface area contributed by atoms with Gasteiger partial charge in [-0.15, -0.1) is 0 Å². The van der Waals surface area contributed by atoms with Gasteiger partial charge in [-0.2, -0.15) is 0 Å². The predicted octanol–water partition coefficient (Wildman–Crippen LogP) is 2.12. The molecule has 0 bridgehead atoms. The summed E-state index contributed by atoms with van der Waals surface area (Å²) >= 11 is 0. The molecule has 2 fully saturated rings. The molecule has 2 rings (SSSR count). The number of hydrogen-bond acceptors (Lipinski definition) is 3. The van der Waals surface area contributed by atoms with Gasteiger partial charge in [-0.1, -0.05) is 13.8 Å². The third-order valence-corrected chi connectivity index (χ3v) is 4.83. The smallest absolute Gasteiger partial charge is 0.0620 e. The number of hydrogen-bond donors (Lipinski definition) is 1. The lowest BCUT2D eigenvalue weighted by Crippen LogP contribution is -2.55. The third kappa shape index (κ3) is 3.25. The highest BCUT2D eigenvalue weighted by Gasteiger charge is 2.38. The van der Waals surface area contributed by atoms with Gasteiger partial charge in [0.1, 0.15) is 0 Å². The summed E-state index contributed by atoms with van der Waals surface area (Å²) in [6.07, 6.45) is 5.53. The van der Waals surface area contributed by atoms with Crippen molar-refractivity contribution in [2.24, 2.45) is 11.3 Å². The van der Waals surface area contributed by atoms with E-state index in [4.69, 9.17) is 4.74 Å². The van der Waals surface area contributed by atoms with Gasteiger partial charge in [-0.05, 0) is 50.1 Å². The first-order valence-corrected chi connectivity index (χ1v) is 7.61. The standard InChI is InChI=1S/C15H30N2O/c1-13(2)14(10-18-3)17-9-5-7-15(12-17)6-4-8-16-11-15/h13-14,16H,4-12H2,1-3H3. The zero-order chi connectivity index (χ0) is 13.0. The van der Waals surface area contributed by atoms with Gasteiger partial charge in [-0.25, -0.2) is 0 Å². The van der Waals surface area contributed by atoms with Gasteiger partial charge in [-0.3, -0.25) is 4.90 Å². The number of piperidine rings is 2. The quantitative estimate of drug-likeness (QED) is 0.832. The zero-order valence-corrected chi connectivity index (χ0v) is 12.4. The largest absolute Gasteiger partial charge is 0.383 e. The minimum Gasteiger partial charge on any atom is -0.383 e. The highest BCUT2D eigenvalue weighted by Crippen LogP contribution is 2.37. The molecule has 1 N–H and O–H groups in total. The van der Waals surface area contributed by atoms with Crippen LogP contribution in [0.25, 0.3) is 0 Å². The molecule has 2 aliphatic rings. The van der Waals surface area contributed by atoms with Crippen LogP contribution < -0.4 is 5.32 Å². The van der Waals surface area contributed by atoms with E-state index < -0.39 is 0 Å². The van der Waals surface area contributed by atoms with Crippen molar-refractivity contribution in [3.05, 3.63) is 0 Å². The van der Waals surface area contributed by atoms with Crippen LogP contribution >= 0.6 is 0 Å². The second kappa shape index (κ2) is 6.36. The van der Waals surface area contributed by atoms with Gasteiger partial charge in [0.2, 0.25) is 0 Å². The molecule has 0 aromatic heterocycles. The molecule has 3 nitrogen and oxygen atoms in total. The molecule has 106 valence electrons. The van der Waals surface area contributed by atoms with Crippen LogP contribution in [0.15, 0.2) is 0 Å². The van der Waals surface area contributed by atoms with Gasteiger partial charge >= 0.3 is 0 Å². The lowest BCUT2D eigenvalue weighted by atomic mass is 9.74. The Morgan fingerprint density at radius 1 is 1.28 bits per heavy atom. The summed E-state index contributed by atoms with van der Waals surface area (Å²) in [6, 6.07) is 0.592. The van der Waals surface area contributed by atoms with Crippen LogP contribution in [0.3, 0.4) is 0 Å². The van der Waals surface area contributed by atoms with Crippen LogP contribution in [0.5, 0.6) is 0 Å². The van der Waals surface area contributed by atoms with Crippen LogP contribution in [0.4, 0.5) is 0 Å². The second-order valence-corrected chi connectivity index (χ2v) is 6.62. The van der Waals surface area contributed by atoms with Crippen molar-refractivity contribution in [2.45, 2.75) is 45.6 Å². The molecular formula is C15H30N2O. The average molecular weight is 254 g/mol. The van der Waals surface area contributed by atoms with Crippen molar-refractivity contribution >= 4 is 0 Å².